The maximum atomic E-state index is 12.0. The normalized spacial score (nSPS) is 15.6. The summed E-state index contributed by atoms with van der Waals surface area (Å²) in [7, 11) is 0. The molecule has 1 aliphatic rings. The van der Waals surface area contributed by atoms with E-state index in [9.17, 15) is 14.9 Å². The summed E-state index contributed by atoms with van der Waals surface area (Å²) in [5.41, 5.74) is 2.91. The van der Waals surface area contributed by atoms with Crippen molar-refractivity contribution < 1.29 is 9.72 Å². The third kappa shape index (κ3) is 6.14. The maximum Gasteiger partial charge on any atom is 0.269 e. The van der Waals surface area contributed by atoms with Gasteiger partial charge in [0, 0.05) is 43.2 Å². The van der Waals surface area contributed by atoms with Gasteiger partial charge in [-0.1, -0.05) is 30.3 Å². The van der Waals surface area contributed by atoms with Crippen molar-refractivity contribution in [2.75, 3.05) is 18.4 Å². The first-order valence-electron chi connectivity index (χ1n) is 9.21. The molecule has 0 radical (unpaired) electrons. The van der Waals surface area contributed by atoms with Crippen LogP contribution in [0.4, 0.5) is 11.4 Å². The number of carbonyl (C=O) groups excluding carboxylic acids is 1. The van der Waals surface area contributed by atoms with Crippen molar-refractivity contribution in [2.24, 2.45) is 4.99 Å². The van der Waals surface area contributed by atoms with Crippen LogP contribution in [0.25, 0.3) is 0 Å². The highest BCUT2D eigenvalue weighted by Crippen LogP contribution is 2.31. The number of anilines is 1. The highest BCUT2D eigenvalue weighted by molar-refractivity contribution is 14.0. The molecule has 0 spiro atoms. The predicted octanol–water partition coefficient (Wildman–Crippen LogP) is 3.39. The molecule has 1 aliphatic heterocycles. The zero-order valence-corrected chi connectivity index (χ0v) is 18.4. The van der Waals surface area contributed by atoms with E-state index in [2.05, 4.69) is 20.9 Å². The van der Waals surface area contributed by atoms with Crippen LogP contribution in [0.3, 0.4) is 0 Å². The van der Waals surface area contributed by atoms with E-state index in [0.29, 0.717) is 32.0 Å². The Morgan fingerprint density at radius 3 is 2.62 bits per heavy atom. The van der Waals surface area contributed by atoms with E-state index in [0.717, 1.165) is 16.8 Å². The molecule has 3 rings (SSSR count). The number of benzene rings is 2. The van der Waals surface area contributed by atoms with E-state index in [-0.39, 0.29) is 41.5 Å². The van der Waals surface area contributed by atoms with Crippen molar-refractivity contribution in [2.45, 2.75) is 25.8 Å². The maximum absolute atomic E-state index is 12.0. The summed E-state index contributed by atoms with van der Waals surface area (Å²) < 4.78 is 0. The monoisotopic (exact) mass is 509 g/mol. The molecule has 3 N–H and O–H groups in total. The first-order chi connectivity index (χ1) is 13.6. The second-order valence-corrected chi connectivity index (χ2v) is 6.54. The molecule has 2 aromatic carbocycles. The van der Waals surface area contributed by atoms with Crippen molar-refractivity contribution in [1.29, 1.82) is 0 Å². The minimum absolute atomic E-state index is 0. The highest BCUT2D eigenvalue weighted by atomic mass is 127. The lowest BCUT2D eigenvalue weighted by molar-refractivity contribution is -0.384. The Hall–Kier alpha value is -2.69. The van der Waals surface area contributed by atoms with Crippen molar-refractivity contribution in [3.63, 3.8) is 0 Å². The molecular weight excluding hydrogens is 485 g/mol. The number of hydrogen-bond donors (Lipinski definition) is 3. The summed E-state index contributed by atoms with van der Waals surface area (Å²) in [6.07, 6.45) is 0.422. The van der Waals surface area contributed by atoms with Crippen molar-refractivity contribution in [3.05, 3.63) is 69.8 Å². The van der Waals surface area contributed by atoms with Crippen LogP contribution >= 0.6 is 24.0 Å². The van der Waals surface area contributed by atoms with Gasteiger partial charge in [-0.05, 0) is 24.1 Å². The number of nitro benzene ring substituents is 1. The lowest BCUT2D eigenvalue weighted by Gasteiger charge is -2.26. The van der Waals surface area contributed by atoms with E-state index in [1.165, 1.54) is 12.1 Å². The number of halogens is 1. The van der Waals surface area contributed by atoms with Crippen molar-refractivity contribution in [3.8, 4) is 0 Å². The number of fused-ring (bicyclic) bond motifs is 1. The quantitative estimate of drug-likeness (QED) is 0.182. The van der Waals surface area contributed by atoms with Crippen molar-refractivity contribution >= 4 is 47.2 Å². The van der Waals surface area contributed by atoms with Gasteiger partial charge in [0.1, 0.15) is 0 Å². The van der Waals surface area contributed by atoms with Crippen molar-refractivity contribution in [1.82, 2.24) is 10.6 Å². The summed E-state index contributed by atoms with van der Waals surface area (Å²) in [4.78, 5) is 26.8. The number of para-hydroxylation sites is 1. The summed E-state index contributed by atoms with van der Waals surface area (Å²) in [5, 5.41) is 20.1. The van der Waals surface area contributed by atoms with E-state index in [4.69, 9.17) is 0 Å². The van der Waals surface area contributed by atoms with Crippen LogP contribution in [0.15, 0.2) is 53.5 Å². The van der Waals surface area contributed by atoms with Gasteiger partial charge in [0.25, 0.3) is 5.69 Å². The number of nitrogens with one attached hydrogen (secondary N) is 3. The minimum Gasteiger partial charge on any atom is -0.357 e. The molecule has 1 amide bonds. The van der Waals surface area contributed by atoms with Gasteiger partial charge in [-0.15, -0.1) is 24.0 Å². The van der Waals surface area contributed by atoms with Gasteiger partial charge in [0.2, 0.25) is 5.91 Å². The zero-order chi connectivity index (χ0) is 19.9. The van der Waals surface area contributed by atoms with Crippen LogP contribution in [0.1, 0.15) is 30.4 Å². The van der Waals surface area contributed by atoms with E-state index >= 15 is 0 Å². The molecule has 0 saturated carbocycles. The van der Waals surface area contributed by atoms with Gasteiger partial charge in [-0.25, -0.2) is 4.99 Å². The molecule has 0 fully saturated rings. The number of non-ortho nitro benzene ring substituents is 1. The first kappa shape index (κ1) is 22.6. The Labute approximate surface area is 186 Å². The predicted molar refractivity (Wildman–Crippen MR) is 124 cm³/mol. The number of amides is 1. The smallest absolute Gasteiger partial charge is 0.269 e. The zero-order valence-electron chi connectivity index (χ0n) is 16.1. The molecule has 2 aromatic rings. The van der Waals surface area contributed by atoms with Crippen LogP contribution in [0.2, 0.25) is 0 Å². The first-order valence-corrected chi connectivity index (χ1v) is 9.21. The summed E-state index contributed by atoms with van der Waals surface area (Å²) >= 11 is 0. The fourth-order valence-corrected chi connectivity index (χ4v) is 3.14. The van der Waals surface area contributed by atoms with Crippen LogP contribution in [-0.4, -0.2) is 29.9 Å². The molecular formula is C20H24IN5O3. The molecule has 0 aromatic heterocycles. The molecule has 29 heavy (non-hydrogen) atoms. The topological polar surface area (TPSA) is 109 Å². The van der Waals surface area contributed by atoms with E-state index < -0.39 is 4.92 Å². The van der Waals surface area contributed by atoms with Gasteiger partial charge in [0.15, 0.2) is 5.96 Å². The number of rotatable bonds is 6. The fraction of sp³-hybridized carbons (Fsp3) is 0.300. The molecule has 154 valence electrons. The number of aliphatic imine (C=N–C) groups is 1. The van der Waals surface area contributed by atoms with Crippen LogP contribution in [0, 0.1) is 10.1 Å². The number of guanidine groups is 1. The Bertz CT molecular complexity index is 886. The summed E-state index contributed by atoms with van der Waals surface area (Å²) in [6, 6.07) is 14.2. The molecule has 1 atom stereocenters. The third-order valence-corrected chi connectivity index (χ3v) is 4.53. The van der Waals surface area contributed by atoms with Gasteiger partial charge in [0.05, 0.1) is 11.5 Å². The molecule has 8 nitrogen and oxygen atoms in total. The third-order valence-electron chi connectivity index (χ3n) is 4.53. The molecule has 1 heterocycles. The second-order valence-electron chi connectivity index (χ2n) is 6.54. The van der Waals surface area contributed by atoms with E-state index in [1.807, 2.05) is 31.2 Å². The molecule has 0 bridgehead atoms. The molecule has 0 aliphatic carbocycles. The lowest BCUT2D eigenvalue weighted by atomic mass is 9.90. The minimum atomic E-state index is -0.420. The Morgan fingerprint density at radius 2 is 1.93 bits per heavy atom. The summed E-state index contributed by atoms with van der Waals surface area (Å²) in [6.45, 7) is 3.66. The van der Waals surface area contributed by atoms with Gasteiger partial charge in [-0.3, -0.25) is 14.9 Å². The number of nitro groups is 1. The summed E-state index contributed by atoms with van der Waals surface area (Å²) in [5.74, 6) is 0.718. The van der Waals surface area contributed by atoms with Gasteiger partial charge in [-0.2, -0.15) is 0 Å². The average molecular weight is 509 g/mol. The fourth-order valence-electron chi connectivity index (χ4n) is 3.14. The highest BCUT2D eigenvalue weighted by Gasteiger charge is 2.24. The SMILES string of the molecule is CCNC(=NCc1ccc([N+](=O)[O-])cc1)NCC1CC(=O)Nc2ccccc21.I. The number of carbonyl (C=O) groups is 1. The Balaban J connectivity index is 0.00000300. The Morgan fingerprint density at radius 1 is 1.21 bits per heavy atom. The van der Waals surface area contributed by atoms with E-state index in [1.54, 1.807) is 12.1 Å². The number of nitrogens with zero attached hydrogens (tertiary/aromatic N) is 2. The molecule has 0 saturated heterocycles. The van der Waals surface area contributed by atoms with Crippen LogP contribution in [-0.2, 0) is 11.3 Å². The van der Waals surface area contributed by atoms with Crippen LogP contribution < -0.4 is 16.0 Å². The standard InChI is InChI=1S/C20H23N5O3.HI/c1-2-21-20(22-12-14-7-9-16(10-8-14)25(27)28)23-13-15-11-19(26)24-18-6-4-3-5-17(15)18;/h3-10,15H,2,11-13H2,1H3,(H,24,26)(H2,21,22,23);1H. The molecule has 9 heteroatoms. The lowest BCUT2D eigenvalue weighted by Crippen LogP contribution is -2.40. The largest absolute Gasteiger partial charge is 0.357 e. The van der Waals surface area contributed by atoms with Crippen LogP contribution in [0.5, 0.6) is 0 Å². The van der Waals surface area contributed by atoms with Gasteiger partial charge < -0.3 is 16.0 Å². The second kappa shape index (κ2) is 10.7. The number of hydrogen-bond acceptors (Lipinski definition) is 4. The Kier molecular flexibility index (Phi) is 8.37. The molecule has 1 unspecified atom stereocenters. The van der Waals surface area contributed by atoms with Gasteiger partial charge >= 0.3 is 0 Å². The average Bonchev–Trinajstić information content (AvgIpc) is 2.70.